The van der Waals surface area contributed by atoms with Gasteiger partial charge in [0, 0.05) is 11.4 Å². The second-order valence-corrected chi connectivity index (χ2v) is 8.08. The van der Waals surface area contributed by atoms with Gasteiger partial charge in [-0.1, -0.05) is 17.2 Å². The van der Waals surface area contributed by atoms with E-state index in [2.05, 4.69) is 20.8 Å². The zero-order valence-corrected chi connectivity index (χ0v) is 17.8. The number of nitrogens with zero attached hydrogens (tertiary/aromatic N) is 2. The highest BCUT2D eigenvalue weighted by molar-refractivity contribution is 6.00. The summed E-state index contributed by atoms with van der Waals surface area (Å²) in [5, 5.41) is 21.8. The molecule has 1 aliphatic carbocycles. The lowest BCUT2D eigenvalue weighted by atomic mass is 9.79. The lowest BCUT2D eigenvalue weighted by Crippen LogP contribution is -2.20. The van der Waals surface area contributed by atoms with E-state index in [9.17, 15) is 22.8 Å². The van der Waals surface area contributed by atoms with Crippen LogP contribution in [-0.2, 0) is 11.0 Å². The van der Waals surface area contributed by atoms with Crippen LogP contribution in [0, 0.1) is 5.92 Å². The molecule has 1 aliphatic rings. The Morgan fingerprint density at radius 1 is 0.912 bits per heavy atom. The van der Waals surface area contributed by atoms with E-state index in [-0.39, 0.29) is 29.4 Å². The SMILES string of the molecule is O=C(Nc1ccc(C2CCC(C(=O)O)CC2)cc1)c1nnc(Nc2ccc(C(F)(F)F)cc2)o1. The van der Waals surface area contributed by atoms with Gasteiger partial charge in [0.25, 0.3) is 0 Å². The van der Waals surface area contributed by atoms with E-state index >= 15 is 0 Å². The van der Waals surface area contributed by atoms with Gasteiger partial charge in [-0.15, -0.1) is 5.10 Å². The first-order chi connectivity index (χ1) is 16.2. The predicted octanol–water partition coefficient (Wildman–Crippen LogP) is 5.44. The first-order valence-electron chi connectivity index (χ1n) is 10.6. The summed E-state index contributed by atoms with van der Waals surface area (Å²) in [6.45, 7) is 0. The van der Waals surface area contributed by atoms with Crippen molar-refractivity contribution in [3.63, 3.8) is 0 Å². The third-order valence-corrected chi connectivity index (χ3v) is 5.80. The van der Waals surface area contributed by atoms with Crippen LogP contribution in [0.3, 0.4) is 0 Å². The fourth-order valence-corrected chi connectivity index (χ4v) is 3.93. The van der Waals surface area contributed by atoms with E-state index in [0.717, 1.165) is 30.5 Å². The van der Waals surface area contributed by atoms with Gasteiger partial charge in [-0.05, 0) is 73.6 Å². The molecule has 0 aliphatic heterocycles. The second kappa shape index (κ2) is 9.54. The number of carboxylic acids is 1. The van der Waals surface area contributed by atoms with Crippen molar-refractivity contribution in [3.8, 4) is 0 Å². The highest BCUT2D eigenvalue weighted by Crippen LogP contribution is 2.36. The van der Waals surface area contributed by atoms with E-state index in [0.29, 0.717) is 18.5 Å². The van der Waals surface area contributed by atoms with Crippen LogP contribution in [0.15, 0.2) is 52.9 Å². The zero-order valence-electron chi connectivity index (χ0n) is 17.8. The number of benzene rings is 2. The van der Waals surface area contributed by atoms with E-state index in [1.165, 1.54) is 12.1 Å². The highest BCUT2D eigenvalue weighted by atomic mass is 19.4. The van der Waals surface area contributed by atoms with Crippen molar-refractivity contribution in [2.24, 2.45) is 5.92 Å². The number of hydrogen-bond donors (Lipinski definition) is 3. The van der Waals surface area contributed by atoms with Crippen molar-refractivity contribution < 1.29 is 32.3 Å². The number of alkyl halides is 3. The molecule has 0 radical (unpaired) electrons. The van der Waals surface area contributed by atoms with Crippen LogP contribution in [0.1, 0.15) is 53.4 Å². The fraction of sp³-hybridized carbons (Fsp3) is 0.304. The van der Waals surface area contributed by atoms with Gasteiger partial charge in [-0.2, -0.15) is 13.2 Å². The third kappa shape index (κ3) is 5.53. The smallest absolute Gasteiger partial charge is 0.416 e. The monoisotopic (exact) mass is 474 g/mol. The van der Waals surface area contributed by atoms with Gasteiger partial charge in [0.05, 0.1) is 11.5 Å². The molecule has 0 atom stereocenters. The van der Waals surface area contributed by atoms with Crippen molar-refractivity contribution in [3.05, 3.63) is 65.5 Å². The Balaban J connectivity index is 1.32. The molecule has 8 nitrogen and oxygen atoms in total. The summed E-state index contributed by atoms with van der Waals surface area (Å²) in [7, 11) is 0. The maximum Gasteiger partial charge on any atom is 0.416 e. The maximum atomic E-state index is 12.6. The normalized spacial score (nSPS) is 18.3. The lowest BCUT2D eigenvalue weighted by Gasteiger charge is -2.26. The Kier molecular flexibility index (Phi) is 6.53. The predicted molar refractivity (Wildman–Crippen MR) is 116 cm³/mol. The Bertz CT molecular complexity index is 1150. The van der Waals surface area contributed by atoms with Crippen molar-refractivity contribution in [1.82, 2.24) is 10.2 Å². The average molecular weight is 474 g/mol. The molecule has 3 N–H and O–H groups in total. The van der Waals surface area contributed by atoms with Crippen molar-refractivity contribution in [2.75, 3.05) is 10.6 Å². The molecule has 1 aromatic heterocycles. The van der Waals surface area contributed by atoms with Gasteiger partial charge >= 0.3 is 30.0 Å². The number of nitrogens with one attached hydrogen (secondary N) is 2. The molecule has 178 valence electrons. The summed E-state index contributed by atoms with van der Waals surface area (Å²) < 4.78 is 43.2. The summed E-state index contributed by atoms with van der Waals surface area (Å²) in [6, 6.07) is 11.4. The number of carbonyl (C=O) groups is 2. The molecule has 1 fully saturated rings. The minimum Gasteiger partial charge on any atom is -0.481 e. The molecule has 0 saturated heterocycles. The molecule has 2 aromatic carbocycles. The van der Waals surface area contributed by atoms with Gasteiger partial charge in [0.2, 0.25) is 0 Å². The minimum absolute atomic E-state index is 0.141. The molecule has 34 heavy (non-hydrogen) atoms. The molecule has 3 aromatic rings. The summed E-state index contributed by atoms with van der Waals surface area (Å²) in [6.07, 6.45) is -1.53. The van der Waals surface area contributed by atoms with Gasteiger partial charge in [0.1, 0.15) is 0 Å². The molecule has 11 heteroatoms. The largest absolute Gasteiger partial charge is 0.481 e. The van der Waals surface area contributed by atoms with E-state index in [1.807, 2.05) is 12.1 Å². The number of hydrogen-bond acceptors (Lipinski definition) is 6. The van der Waals surface area contributed by atoms with Crippen LogP contribution >= 0.6 is 0 Å². The Morgan fingerprint density at radius 2 is 1.53 bits per heavy atom. The first kappa shape index (κ1) is 23.3. The molecule has 0 unspecified atom stereocenters. The van der Waals surface area contributed by atoms with Crippen LogP contribution < -0.4 is 10.6 Å². The summed E-state index contributed by atoms with van der Waals surface area (Å²) >= 11 is 0. The topological polar surface area (TPSA) is 117 Å². The van der Waals surface area contributed by atoms with E-state index in [1.54, 1.807) is 12.1 Å². The number of aliphatic carboxylic acids is 1. The Morgan fingerprint density at radius 3 is 2.12 bits per heavy atom. The van der Waals surface area contributed by atoms with Crippen LogP contribution in [0.2, 0.25) is 0 Å². The number of carbonyl (C=O) groups excluding carboxylic acids is 1. The maximum absolute atomic E-state index is 12.6. The Labute approximate surface area is 192 Å². The van der Waals surface area contributed by atoms with Gasteiger partial charge in [-0.3, -0.25) is 9.59 Å². The summed E-state index contributed by atoms with van der Waals surface area (Å²) in [5.41, 5.74) is 1.10. The van der Waals surface area contributed by atoms with E-state index < -0.39 is 23.6 Å². The number of anilines is 3. The van der Waals surface area contributed by atoms with Crippen molar-refractivity contribution >= 4 is 29.3 Å². The van der Waals surface area contributed by atoms with Crippen LogP contribution in [0.25, 0.3) is 0 Å². The molecule has 1 saturated carbocycles. The summed E-state index contributed by atoms with van der Waals surface area (Å²) in [5.74, 6) is -1.68. The van der Waals surface area contributed by atoms with Crippen molar-refractivity contribution in [1.29, 1.82) is 0 Å². The molecule has 1 amide bonds. The molecular weight excluding hydrogens is 453 g/mol. The number of aromatic nitrogens is 2. The third-order valence-electron chi connectivity index (χ3n) is 5.80. The first-order valence-corrected chi connectivity index (χ1v) is 10.6. The minimum atomic E-state index is -4.44. The van der Waals surface area contributed by atoms with E-state index in [4.69, 9.17) is 9.52 Å². The molecule has 0 bridgehead atoms. The second-order valence-electron chi connectivity index (χ2n) is 8.08. The number of halogens is 3. The fourth-order valence-electron chi connectivity index (χ4n) is 3.93. The molecule has 1 heterocycles. The molecular formula is C23H21F3N4O4. The van der Waals surface area contributed by atoms with Crippen LogP contribution in [0.4, 0.5) is 30.6 Å². The standard InChI is InChI=1S/C23H21F3N4O4/c24-23(25,26)16-7-11-18(12-8-16)28-22-30-29-20(34-22)19(31)27-17-9-5-14(6-10-17)13-1-3-15(4-2-13)21(32)33/h5-13,15H,1-4H2,(H,27,31)(H,28,30)(H,32,33). The molecule has 4 rings (SSSR count). The van der Waals surface area contributed by atoms with Gasteiger partial charge in [-0.25, -0.2) is 0 Å². The van der Waals surface area contributed by atoms with Crippen molar-refractivity contribution in [2.45, 2.75) is 37.8 Å². The lowest BCUT2D eigenvalue weighted by molar-refractivity contribution is -0.143. The number of amides is 1. The molecule has 0 spiro atoms. The van der Waals surface area contributed by atoms with Crippen LogP contribution in [-0.4, -0.2) is 27.2 Å². The zero-order chi connectivity index (χ0) is 24.3. The highest BCUT2D eigenvalue weighted by Gasteiger charge is 2.30. The number of rotatable bonds is 6. The Hall–Kier alpha value is -3.89. The summed E-state index contributed by atoms with van der Waals surface area (Å²) in [4.78, 5) is 23.5. The average Bonchev–Trinajstić information content (AvgIpc) is 3.28. The number of carboxylic acid groups (broad SMARTS) is 1. The van der Waals surface area contributed by atoms with Gasteiger partial charge in [0.15, 0.2) is 0 Å². The van der Waals surface area contributed by atoms with Gasteiger partial charge < -0.3 is 20.2 Å². The van der Waals surface area contributed by atoms with Crippen LogP contribution in [0.5, 0.6) is 0 Å². The quantitative estimate of drug-likeness (QED) is 0.435.